The van der Waals surface area contributed by atoms with Crippen LogP contribution in [0.2, 0.25) is 5.02 Å². The van der Waals surface area contributed by atoms with Crippen LogP contribution in [0.1, 0.15) is 31.9 Å². The van der Waals surface area contributed by atoms with E-state index < -0.39 is 0 Å². The quantitative estimate of drug-likeness (QED) is 0.849. The number of nitrogens with zero attached hydrogens (tertiary/aromatic N) is 1. The van der Waals surface area contributed by atoms with Crippen molar-refractivity contribution in [2.24, 2.45) is 5.73 Å². The van der Waals surface area contributed by atoms with E-state index in [1.165, 1.54) is 12.1 Å². The second kappa shape index (κ2) is 6.94. The summed E-state index contributed by atoms with van der Waals surface area (Å²) in [6.45, 7) is 6.51. The Hall–Kier alpha value is -0.640. The van der Waals surface area contributed by atoms with Gasteiger partial charge in [0.05, 0.1) is 0 Å². The van der Waals surface area contributed by atoms with Gasteiger partial charge in [-0.15, -0.1) is 0 Å². The first kappa shape index (κ1) is 14.4. The van der Waals surface area contributed by atoms with Crippen molar-refractivity contribution in [2.45, 2.75) is 26.3 Å². The van der Waals surface area contributed by atoms with Gasteiger partial charge in [-0.3, -0.25) is 4.90 Å². The van der Waals surface area contributed by atoms with Crippen molar-refractivity contribution in [3.8, 4) is 0 Å². The highest BCUT2D eigenvalue weighted by atomic mass is 35.5. The van der Waals surface area contributed by atoms with Gasteiger partial charge in [-0.05, 0) is 43.3 Å². The highest BCUT2D eigenvalue weighted by molar-refractivity contribution is 6.30. The van der Waals surface area contributed by atoms with Crippen molar-refractivity contribution in [3.05, 3.63) is 34.6 Å². The summed E-state index contributed by atoms with van der Waals surface area (Å²) in [4.78, 5) is 2.24. The van der Waals surface area contributed by atoms with Gasteiger partial charge >= 0.3 is 0 Å². The van der Waals surface area contributed by atoms with Gasteiger partial charge in [-0.2, -0.15) is 0 Å². The molecule has 1 aromatic rings. The molecule has 2 nitrogen and oxygen atoms in total. The van der Waals surface area contributed by atoms with Crippen LogP contribution in [0.15, 0.2) is 18.2 Å². The number of nitrogens with two attached hydrogens (primary N) is 1. The molecule has 0 radical (unpaired) electrons. The molecule has 2 N–H and O–H groups in total. The molecule has 1 atom stereocenters. The molecule has 0 aliphatic rings. The minimum Gasteiger partial charge on any atom is -0.329 e. The summed E-state index contributed by atoms with van der Waals surface area (Å²) in [6.07, 6.45) is 1.05. The van der Waals surface area contributed by atoms with E-state index >= 15 is 0 Å². The third-order valence-corrected chi connectivity index (χ3v) is 3.07. The lowest BCUT2D eigenvalue weighted by Gasteiger charge is -2.30. The van der Waals surface area contributed by atoms with Crippen LogP contribution in [0, 0.1) is 5.82 Å². The fourth-order valence-electron chi connectivity index (χ4n) is 2.09. The summed E-state index contributed by atoms with van der Waals surface area (Å²) in [5.74, 6) is -0.307. The van der Waals surface area contributed by atoms with Gasteiger partial charge in [0.25, 0.3) is 0 Å². The van der Waals surface area contributed by atoms with Crippen LogP contribution in [0.25, 0.3) is 0 Å². The van der Waals surface area contributed by atoms with E-state index in [2.05, 4.69) is 18.7 Å². The lowest BCUT2D eigenvalue weighted by atomic mass is 10.0. The van der Waals surface area contributed by atoms with E-state index in [-0.39, 0.29) is 11.9 Å². The van der Waals surface area contributed by atoms with Crippen molar-refractivity contribution in [1.82, 2.24) is 4.90 Å². The molecule has 0 spiro atoms. The molecule has 0 aromatic heterocycles. The maximum atomic E-state index is 13.3. The monoisotopic (exact) mass is 258 g/mol. The van der Waals surface area contributed by atoms with E-state index in [0.29, 0.717) is 11.6 Å². The fraction of sp³-hybridized carbons (Fsp3) is 0.538. The van der Waals surface area contributed by atoms with E-state index in [9.17, 15) is 4.39 Å². The molecule has 0 bridgehead atoms. The smallest absolute Gasteiger partial charge is 0.125 e. The molecule has 0 amide bonds. The second-order valence-electron chi connectivity index (χ2n) is 4.08. The van der Waals surface area contributed by atoms with Crippen LogP contribution in [-0.4, -0.2) is 24.5 Å². The van der Waals surface area contributed by atoms with Crippen LogP contribution in [-0.2, 0) is 0 Å². The SMILES string of the molecule is CCCN(CC)C(CN)c1cc(F)cc(Cl)c1. The molecular formula is C13H20ClFN2. The summed E-state index contributed by atoms with van der Waals surface area (Å²) in [7, 11) is 0. The van der Waals surface area contributed by atoms with Crippen LogP contribution < -0.4 is 5.73 Å². The summed E-state index contributed by atoms with van der Waals surface area (Å²) in [5.41, 5.74) is 6.66. The van der Waals surface area contributed by atoms with E-state index in [1.54, 1.807) is 6.07 Å². The highest BCUT2D eigenvalue weighted by Crippen LogP contribution is 2.24. The summed E-state index contributed by atoms with van der Waals surface area (Å²) < 4.78 is 13.3. The average Bonchev–Trinajstić information content (AvgIpc) is 2.27. The van der Waals surface area contributed by atoms with Crippen LogP contribution >= 0.6 is 11.6 Å². The number of rotatable bonds is 6. The van der Waals surface area contributed by atoms with Gasteiger partial charge in [0.15, 0.2) is 0 Å². The van der Waals surface area contributed by atoms with E-state index in [4.69, 9.17) is 17.3 Å². The maximum Gasteiger partial charge on any atom is 0.125 e. The Bertz CT molecular complexity index is 337. The molecule has 0 aliphatic heterocycles. The summed E-state index contributed by atoms with van der Waals surface area (Å²) in [6, 6.07) is 4.66. The number of halogens is 2. The predicted octanol–water partition coefficient (Wildman–Crippen LogP) is 3.21. The normalized spacial score (nSPS) is 13.1. The molecular weight excluding hydrogens is 239 g/mol. The minimum absolute atomic E-state index is 0.0353. The first-order valence-corrected chi connectivity index (χ1v) is 6.40. The Balaban J connectivity index is 2.98. The van der Waals surface area contributed by atoms with Crippen LogP contribution in [0.4, 0.5) is 4.39 Å². The number of likely N-dealkylation sites (N-methyl/N-ethyl adjacent to an activating group) is 1. The lowest BCUT2D eigenvalue weighted by Crippen LogP contribution is -2.34. The summed E-state index contributed by atoms with van der Waals surface area (Å²) in [5, 5.41) is 0.422. The Kier molecular flexibility index (Phi) is 5.89. The van der Waals surface area contributed by atoms with Crippen molar-refractivity contribution in [1.29, 1.82) is 0 Å². The molecule has 4 heteroatoms. The highest BCUT2D eigenvalue weighted by Gasteiger charge is 2.18. The lowest BCUT2D eigenvalue weighted by molar-refractivity contribution is 0.212. The predicted molar refractivity (Wildman–Crippen MR) is 70.7 cm³/mol. The molecule has 0 aliphatic carbocycles. The number of benzene rings is 1. The topological polar surface area (TPSA) is 29.3 Å². The third-order valence-electron chi connectivity index (χ3n) is 2.85. The standard InChI is InChI=1S/C13H20ClFN2/c1-3-5-17(4-2)13(9-16)10-6-11(14)8-12(15)7-10/h6-8,13H,3-5,9,16H2,1-2H3. The number of hydrogen-bond donors (Lipinski definition) is 1. The fourth-order valence-corrected chi connectivity index (χ4v) is 2.32. The Morgan fingerprint density at radius 2 is 2.06 bits per heavy atom. The van der Waals surface area contributed by atoms with Crippen LogP contribution in [0.5, 0.6) is 0 Å². The van der Waals surface area contributed by atoms with E-state index in [1.807, 2.05) is 0 Å². The maximum absolute atomic E-state index is 13.3. The molecule has 0 saturated carbocycles. The molecule has 0 heterocycles. The zero-order chi connectivity index (χ0) is 12.8. The minimum atomic E-state index is -0.307. The van der Waals surface area contributed by atoms with Gasteiger partial charge in [-0.1, -0.05) is 25.4 Å². The van der Waals surface area contributed by atoms with Crippen molar-refractivity contribution in [3.63, 3.8) is 0 Å². The van der Waals surface area contributed by atoms with Crippen molar-refractivity contribution >= 4 is 11.6 Å². The molecule has 17 heavy (non-hydrogen) atoms. The largest absolute Gasteiger partial charge is 0.329 e. The molecule has 1 unspecified atom stereocenters. The molecule has 0 fully saturated rings. The third kappa shape index (κ3) is 3.95. The van der Waals surface area contributed by atoms with E-state index in [0.717, 1.165) is 25.1 Å². The van der Waals surface area contributed by atoms with Gasteiger partial charge in [0, 0.05) is 17.6 Å². The van der Waals surface area contributed by atoms with Gasteiger partial charge in [0.2, 0.25) is 0 Å². The second-order valence-corrected chi connectivity index (χ2v) is 4.52. The van der Waals surface area contributed by atoms with Crippen molar-refractivity contribution in [2.75, 3.05) is 19.6 Å². The molecule has 1 rings (SSSR count). The molecule has 0 saturated heterocycles. The van der Waals surface area contributed by atoms with Gasteiger partial charge in [-0.25, -0.2) is 4.39 Å². The first-order chi connectivity index (χ1) is 8.12. The van der Waals surface area contributed by atoms with Gasteiger partial charge < -0.3 is 5.73 Å². The first-order valence-electron chi connectivity index (χ1n) is 6.02. The van der Waals surface area contributed by atoms with Crippen molar-refractivity contribution < 1.29 is 4.39 Å². The Morgan fingerprint density at radius 3 is 2.53 bits per heavy atom. The van der Waals surface area contributed by atoms with Gasteiger partial charge in [0.1, 0.15) is 5.82 Å². The van der Waals surface area contributed by atoms with Crippen LogP contribution in [0.3, 0.4) is 0 Å². The Labute approximate surface area is 108 Å². The molecule has 96 valence electrons. The Morgan fingerprint density at radius 1 is 1.35 bits per heavy atom. The zero-order valence-corrected chi connectivity index (χ0v) is 11.2. The summed E-state index contributed by atoms with van der Waals surface area (Å²) >= 11 is 5.88. The average molecular weight is 259 g/mol. The molecule has 1 aromatic carbocycles. The zero-order valence-electron chi connectivity index (χ0n) is 10.4. The number of hydrogen-bond acceptors (Lipinski definition) is 2.